The third-order valence-electron chi connectivity index (χ3n) is 5.41. The minimum absolute atomic E-state index is 0.134. The second kappa shape index (κ2) is 9.38. The zero-order valence-electron chi connectivity index (χ0n) is 15.6. The molecule has 0 bridgehead atoms. The molecule has 144 valence electrons. The van der Waals surface area contributed by atoms with Gasteiger partial charge >= 0.3 is 5.97 Å². The predicted octanol–water partition coefficient (Wildman–Crippen LogP) is 2.05. The van der Waals surface area contributed by atoms with Crippen LogP contribution in [0.1, 0.15) is 31.2 Å². The van der Waals surface area contributed by atoms with Gasteiger partial charge in [0.05, 0.1) is 0 Å². The molecule has 0 spiro atoms. The first kappa shape index (κ1) is 19.2. The van der Waals surface area contributed by atoms with E-state index in [0.29, 0.717) is 6.42 Å². The zero-order valence-corrected chi connectivity index (χ0v) is 15.6. The van der Waals surface area contributed by atoms with Crippen LogP contribution in [0.3, 0.4) is 0 Å². The highest BCUT2D eigenvalue weighted by molar-refractivity contribution is 5.98. The Morgan fingerprint density at radius 2 is 2.00 bits per heavy atom. The maximum Gasteiger partial charge on any atom is 0.303 e. The van der Waals surface area contributed by atoms with Gasteiger partial charge in [0.15, 0.2) is 0 Å². The summed E-state index contributed by atoms with van der Waals surface area (Å²) in [6, 6.07) is 7.89. The quantitative estimate of drug-likeness (QED) is 0.715. The van der Waals surface area contributed by atoms with Gasteiger partial charge in [0, 0.05) is 31.7 Å². The summed E-state index contributed by atoms with van der Waals surface area (Å²) < 4.78 is 0. The van der Waals surface area contributed by atoms with E-state index in [-0.39, 0.29) is 6.42 Å². The Hall–Kier alpha value is -2.59. The molecule has 0 aromatic heterocycles. The third kappa shape index (κ3) is 5.20. The van der Waals surface area contributed by atoms with Crippen molar-refractivity contribution >= 4 is 17.6 Å². The lowest BCUT2D eigenvalue weighted by Crippen LogP contribution is -2.36. The molecule has 1 aromatic carbocycles. The number of guanidine groups is 1. The van der Waals surface area contributed by atoms with Crippen LogP contribution in [0.4, 0.5) is 5.69 Å². The standard InChI is InChI=1S/C20H27N5O2/c21-15-23-20-24(12-9-17-7-10-22-11-8-17)13-14-25(20)18-4-1-16(2-5-18)3-6-19(26)27/h1-2,4-5,17,22H,3,6-14H2,(H,26,27). The molecule has 2 saturated heterocycles. The summed E-state index contributed by atoms with van der Waals surface area (Å²) in [6.07, 6.45) is 6.19. The van der Waals surface area contributed by atoms with Crippen molar-refractivity contribution in [3.8, 4) is 6.19 Å². The van der Waals surface area contributed by atoms with Crippen molar-refractivity contribution in [3.05, 3.63) is 29.8 Å². The number of nitrogens with zero attached hydrogens (tertiary/aromatic N) is 4. The van der Waals surface area contributed by atoms with Crippen LogP contribution in [-0.4, -0.2) is 54.7 Å². The molecule has 0 aliphatic carbocycles. The number of aliphatic imine (C=N–C) groups is 1. The number of hydrogen-bond acceptors (Lipinski definition) is 4. The molecule has 2 N–H and O–H groups in total. The monoisotopic (exact) mass is 369 g/mol. The Labute approximate surface area is 160 Å². The van der Waals surface area contributed by atoms with E-state index in [2.05, 4.69) is 20.1 Å². The van der Waals surface area contributed by atoms with Gasteiger partial charge < -0.3 is 20.2 Å². The van der Waals surface area contributed by atoms with Gasteiger partial charge in [0.2, 0.25) is 12.2 Å². The van der Waals surface area contributed by atoms with Crippen LogP contribution in [0.15, 0.2) is 29.3 Å². The van der Waals surface area contributed by atoms with Crippen LogP contribution in [0.25, 0.3) is 0 Å². The van der Waals surface area contributed by atoms with Gasteiger partial charge in [0.25, 0.3) is 0 Å². The minimum Gasteiger partial charge on any atom is -0.481 e. The maximum atomic E-state index is 10.7. The van der Waals surface area contributed by atoms with Crippen LogP contribution in [0.5, 0.6) is 0 Å². The van der Waals surface area contributed by atoms with E-state index in [1.807, 2.05) is 30.5 Å². The summed E-state index contributed by atoms with van der Waals surface area (Å²) in [5.41, 5.74) is 1.99. The van der Waals surface area contributed by atoms with E-state index in [0.717, 1.165) is 62.3 Å². The van der Waals surface area contributed by atoms with Crippen LogP contribution < -0.4 is 10.2 Å². The van der Waals surface area contributed by atoms with Gasteiger partial charge in [-0.1, -0.05) is 12.1 Å². The lowest BCUT2D eigenvalue weighted by Gasteiger charge is -2.26. The number of aliphatic carboxylic acids is 1. The number of carbonyl (C=O) groups is 1. The largest absolute Gasteiger partial charge is 0.481 e. The first-order chi connectivity index (χ1) is 13.2. The summed E-state index contributed by atoms with van der Waals surface area (Å²) in [6.45, 7) is 4.81. The number of anilines is 1. The number of nitrogens with one attached hydrogen (secondary N) is 1. The smallest absolute Gasteiger partial charge is 0.303 e. The number of hydrogen-bond donors (Lipinski definition) is 2. The SMILES string of the molecule is N#CN=C1N(CCC2CCNCC2)CCN1c1ccc(CCC(=O)O)cc1. The zero-order chi connectivity index (χ0) is 19.1. The Balaban J connectivity index is 1.62. The van der Waals surface area contributed by atoms with Crippen molar-refractivity contribution in [3.63, 3.8) is 0 Å². The summed E-state index contributed by atoms with van der Waals surface area (Å²) in [5.74, 6) is 0.688. The number of benzene rings is 1. The predicted molar refractivity (Wildman–Crippen MR) is 105 cm³/mol. The molecule has 0 amide bonds. The van der Waals surface area contributed by atoms with Gasteiger partial charge in [-0.15, -0.1) is 4.99 Å². The average molecular weight is 369 g/mol. The van der Waals surface area contributed by atoms with Crippen LogP contribution in [0, 0.1) is 17.4 Å². The molecule has 2 fully saturated rings. The van der Waals surface area contributed by atoms with Crippen molar-refractivity contribution in [2.45, 2.75) is 32.1 Å². The van der Waals surface area contributed by atoms with E-state index in [1.54, 1.807) is 0 Å². The van der Waals surface area contributed by atoms with E-state index < -0.39 is 5.97 Å². The van der Waals surface area contributed by atoms with Crippen LogP contribution in [-0.2, 0) is 11.2 Å². The van der Waals surface area contributed by atoms with E-state index in [9.17, 15) is 4.79 Å². The van der Waals surface area contributed by atoms with Crippen molar-refractivity contribution in [2.75, 3.05) is 37.6 Å². The lowest BCUT2D eigenvalue weighted by atomic mass is 9.94. The first-order valence-electron chi connectivity index (χ1n) is 9.68. The van der Waals surface area contributed by atoms with Crippen LogP contribution >= 0.6 is 0 Å². The topological polar surface area (TPSA) is 92.0 Å². The number of rotatable bonds is 7. The molecule has 0 unspecified atom stereocenters. The van der Waals surface area contributed by atoms with E-state index in [4.69, 9.17) is 10.4 Å². The highest BCUT2D eigenvalue weighted by Gasteiger charge is 2.28. The van der Waals surface area contributed by atoms with Gasteiger partial charge in [-0.2, -0.15) is 5.26 Å². The Bertz CT molecular complexity index is 704. The lowest BCUT2D eigenvalue weighted by molar-refractivity contribution is -0.136. The molecular weight excluding hydrogens is 342 g/mol. The Kier molecular flexibility index (Phi) is 6.66. The van der Waals surface area contributed by atoms with Gasteiger partial charge in [-0.3, -0.25) is 4.79 Å². The van der Waals surface area contributed by atoms with E-state index in [1.165, 1.54) is 12.8 Å². The molecule has 3 rings (SSSR count). The molecule has 2 aliphatic heterocycles. The Morgan fingerprint density at radius 1 is 1.26 bits per heavy atom. The second-order valence-electron chi connectivity index (χ2n) is 7.19. The first-order valence-corrected chi connectivity index (χ1v) is 9.68. The molecule has 0 atom stereocenters. The fourth-order valence-corrected chi connectivity index (χ4v) is 3.83. The van der Waals surface area contributed by atoms with E-state index >= 15 is 0 Å². The fourth-order valence-electron chi connectivity index (χ4n) is 3.83. The number of carboxylic acids is 1. The summed E-state index contributed by atoms with van der Waals surface area (Å²) in [7, 11) is 0. The van der Waals surface area contributed by atoms with Crippen molar-refractivity contribution in [1.82, 2.24) is 10.2 Å². The molecular formula is C20H27N5O2. The Morgan fingerprint density at radius 3 is 2.67 bits per heavy atom. The highest BCUT2D eigenvalue weighted by atomic mass is 16.4. The molecule has 7 nitrogen and oxygen atoms in total. The number of nitriles is 1. The van der Waals surface area contributed by atoms with Gasteiger partial charge in [0.1, 0.15) is 0 Å². The second-order valence-corrected chi connectivity index (χ2v) is 7.19. The molecule has 7 heteroatoms. The number of carboxylic acid groups (broad SMARTS) is 1. The van der Waals surface area contributed by atoms with Crippen LogP contribution in [0.2, 0.25) is 0 Å². The maximum absolute atomic E-state index is 10.7. The minimum atomic E-state index is -0.786. The molecule has 0 radical (unpaired) electrons. The van der Waals surface area contributed by atoms with Crippen molar-refractivity contribution in [2.24, 2.45) is 10.9 Å². The molecule has 27 heavy (non-hydrogen) atoms. The average Bonchev–Trinajstić information content (AvgIpc) is 3.09. The molecule has 1 aromatic rings. The molecule has 2 heterocycles. The highest BCUT2D eigenvalue weighted by Crippen LogP contribution is 2.23. The molecule has 2 aliphatic rings. The third-order valence-corrected chi connectivity index (χ3v) is 5.41. The van der Waals surface area contributed by atoms with Crippen molar-refractivity contribution in [1.29, 1.82) is 5.26 Å². The van der Waals surface area contributed by atoms with Gasteiger partial charge in [-0.25, -0.2) is 0 Å². The van der Waals surface area contributed by atoms with Crippen molar-refractivity contribution < 1.29 is 9.90 Å². The normalized spacial score (nSPS) is 19.4. The summed E-state index contributed by atoms with van der Waals surface area (Å²) >= 11 is 0. The fraction of sp³-hybridized carbons (Fsp3) is 0.550. The molecule has 0 saturated carbocycles. The number of aryl methyl sites for hydroxylation is 1. The number of piperidine rings is 1. The summed E-state index contributed by atoms with van der Waals surface area (Å²) in [4.78, 5) is 19.1. The summed E-state index contributed by atoms with van der Waals surface area (Å²) in [5, 5.41) is 21.3. The van der Waals surface area contributed by atoms with Gasteiger partial charge in [-0.05, 0) is 62.4 Å².